The number of sulfonamides is 1. The number of alkyl halides is 3. The molecule has 0 aromatic rings. The lowest BCUT2D eigenvalue weighted by Gasteiger charge is -2.30. The summed E-state index contributed by atoms with van der Waals surface area (Å²) in [5.41, 5.74) is 0. The summed E-state index contributed by atoms with van der Waals surface area (Å²) in [4.78, 5) is 0. The van der Waals surface area contributed by atoms with Gasteiger partial charge in [-0.05, 0) is 18.8 Å². The van der Waals surface area contributed by atoms with E-state index in [1.54, 1.807) is 0 Å². The molecule has 90 valence electrons. The van der Waals surface area contributed by atoms with Gasteiger partial charge in [-0.1, -0.05) is 12.8 Å². The fourth-order valence-corrected chi connectivity index (χ4v) is 3.01. The van der Waals surface area contributed by atoms with Gasteiger partial charge in [0.25, 0.3) is 10.0 Å². The minimum absolute atomic E-state index is 0.0334. The molecule has 2 unspecified atom stereocenters. The smallest absolute Gasteiger partial charge is 0.207 e. The summed E-state index contributed by atoms with van der Waals surface area (Å²) >= 11 is 5.66. The zero-order chi connectivity index (χ0) is 11.5. The van der Waals surface area contributed by atoms with E-state index in [4.69, 9.17) is 11.6 Å². The Morgan fingerprint density at radius 3 is 2.47 bits per heavy atom. The third kappa shape index (κ3) is 3.53. The van der Waals surface area contributed by atoms with Crippen molar-refractivity contribution in [2.75, 3.05) is 5.88 Å². The van der Waals surface area contributed by atoms with Gasteiger partial charge in [0.15, 0.2) is 0 Å². The molecule has 15 heavy (non-hydrogen) atoms. The van der Waals surface area contributed by atoms with Crippen LogP contribution in [0.3, 0.4) is 0 Å². The van der Waals surface area contributed by atoms with Crippen LogP contribution in [0.4, 0.5) is 8.78 Å². The van der Waals surface area contributed by atoms with Crippen molar-refractivity contribution >= 4 is 21.6 Å². The Balaban J connectivity index is 2.63. The standard InChI is InChI=1S/C8H14ClF2NO2S/c9-5-6-3-1-2-4-7(6)12-15(13,14)8(10)11/h6-8,12H,1-5H2. The Morgan fingerprint density at radius 2 is 1.93 bits per heavy atom. The molecule has 0 saturated heterocycles. The number of halogens is 3. The van der Waals surface area contributed by atoms with E-state index in [2.05, 4.69) is 0 Å². The first kappa shape index (κ1) is 13.1. The van der Waals surface area contributed by atoms with Crippen LogP contribution in [-0.4, -0.2) is 26.1 Å². The zero-order valence-electron chi connectivity index (χ0n) is 8.13. The topological polar surface area (TPSA) is 46.2 Å². The predicted octanol–water partition coefficient (Wildman–Crippen LogP) is 1.93. The van der Waals surface area contributed by atoms with Gasteiger partial charge in [0.1, 0.15) is 0 Å². The van der Waals surface area contributed by atoms with Crippen LogP contribution in [0.5, 0.6) is 0 Å². The lowest BCUT2D eigenvalue weighted by molar-refractivity contribution is 0.226. The van der Waals surface area contributed by atoms with Crippen LogP contribution in [0, 0.1) is 5.92 Å². The van der Waals surface area contributed by atoms with Crippen molar-refractivity contribution in [2.24, 2.45) is 5.92 Å². The third-order valence-corrected chi connectivity index (χ3v) is 4.15. The fraction of sp³-hybridized carbons (Fsp3) is 1.00. The minimum atomic E-state index is -4.48. The Kier molecular flexibility index (Phi) is 4.73. The van der Waals surface area contributed by atoms with E-state index in [1.807, 2.05) is 4.72 Å². The van der Waals surface area contributed by atoms with E-state index in [-0.39, 0.29) is 5.92 Å². The highest BCUT2D eigenvalue weighted by Gasteiger charge is 2.32. The summed E-state index contributed by atoms with van der Waals surface area (Å²) in [6, 6.07) is -0.435. The normalized spacial score (nSPS) is 28.3. The molecule has 0 aliphatic heterocycles. The summed E-state index contributed by atoms with van der Waals surface area (Å²) < 4.78 is 48.2. The second-order valence-electron chi connectivity index (χ2n) is 3.73. The number of hydrogen-bond donors (Lipinski definition) is 1. The van der Waals surface area contributed by atoms with Crippen molar-refractivity contribution in [3.05, 3.63) is 0 Å². The molecule has 1 aliphatic rings. The van der Waals surface area contributed by atoms with Crippen molar-refractivity contribution < 1.29 is 17.2 Å². The summed E-state index contributed by atoms with van der Waals surface area (Å²) in [7, 11) is -4.48. The molecular weight excluding hydrogens is 248 g/mol. The highest BCUT2D eigenvalue weighted by Crippen LogP contribution is 2.26. The van der Waals surface area contributed by atoms with Gasteiger partial charge in [0.2, 0.25) is 0 Å². The number of rotatable bonds is 4. The molecule has 1 saturated carbocycles. The van der Waals surface area contributed by atoms with Crippen molar-refractivity contribution in [3.63, 3.8) is 0 Å². The van der Waals surface area contributed by atoms with Crippen LogP contribution >= 0.6 is 11.6 Å². The molecule has 0 bridgehead atoms. The summed E-state index contributed by atoms with van der Waals surface area (Å²) in [5.74, 6) is -3.10. The van der Waals surface area contributed by atoms with E-state index < -0.39 is 21.8 Å². The summed E-state index contributed by atoms with van der Waals surface area (Å²) in [5, 5.41) is 0. The average Bonchev–Trinajstić information content (AvgIpc) is 2.18. The van der Waals surface area contributed by atoms with Crippen molar-refractivity contribution in [2.45, 2.75) is 37.5 Å². The first-order chi connectivity index (χ1) is 6.97. The highest BCUT2D eigenvalue weighted by atomic mass is 35.5. The average molecular weight is 262 g/mol. The van der Waals surface area contributed by atoms with Gasteiger partial charge in [-0.25, -0.2) is 13.1 Å². The van der Waals surface area contributed by atoms with Crippen LogP contribution in [-0.2, 0) is 10.0 Å². The van der Waals surface area contributed by atoms with Crippen LogP contribution in [0.1, 0.15) is 25.7 Å². The van der Waals surface area contributed by atoms with E-state index in [0.29, 0.717) is 12.3 Å². The van der Waals surface area contributed by atoms with E-state index in [9.17, 15) is 17.2 Å². The maximum absolute atomic E-state index is 12.1. The SMILES string of the molecule is O=S(=O)(NC1CCCCC1CCl)C(F)F. The van der Waals surface area contributed by atoms with Gasteiger partial charge < -0.3 is 0 Å². The van der Waals surface area contributed by atoms with Gasteiger partial charge in [0.05, 0.1) is 0 Å². The van der Waals surface area contributed by atoms with Gasteiger partial charge in [-0.3, -0.25) is 0 Å². The Morgan fingerprint density at radius 1 is 1.33 bits per heavy atom. The third-order valence-electron chi connectivity index (χ3n) is 2.66. The van der Waals surface area contributed by atoms with Gasteiger partial charge >= 0.3 is 5.76 Å². The molecule has 0 aromatic carbocycles. The molecule has 0 amide bonds. The van der Waals surface area contributed by atoms with Crippen LogP contribution < -0.4 is 4.72 Å². The second-order valence-corrected chi connectivity index (χ2v) is 5.72. The van der Waals surface area contributed by atoms with E-state index in [1.165, 1.54) is 0 Å². The second kappa shape index (κ2) is 5.41. The maximum Gasteiger partial charge on any atom is 0.350 e. The number of nitrogens with one attached hydrogen (secondary N) is 1. The first-order valence-electron chi connectivity index (χ1n) is 4.82. The molecule has 0 heterocycles. The first-order valence-corrected chi connectivity index (χ1v) is 6.90. The van der Waals surface area contributed by atoms with Crippen LogP contribution in [0.15, 0.2) is 0 Å². The van der Waals surface area contributed by atoms with Crippen LogP contribution in [0.25, 0.3) is 0 Å². The molecule has 0 spiro atoms. The van der Waals surface area contributed by atoms with E-state index in [0.717, 1.165) is 19.3 Å². The lowest BCUT2D eigenvalue weighted by atomic mass is 9.86. The molecule has 1 fully saturated rings. The molecule has 1 aliphatic carbocycles. The van der Waals surface area contributed by atoms with Crippen molar-refractivity contribution in [3.8, 4) is 0 Å². The molecular formula is C8H14ClF2NO2S. The van der Waals surface area contributed by atoms with Crippen LogP contribution in [0.2, 0.25) is 0 Å². The monoisotopic (exact) mass is 261 g/mol. The van der Waals surface area contributed by atoms with Crippen molar-refractivity contribution in [1.29, 1.82) is 0 Å². The Bertz CT molecular complexity index is 297. The minimum Gasteiger partial charge on any atom is -0.207 e. The lowest BCUT2D eigenvalue weighted by Crippen LogP contribution is -2.44. The predicted molar refractivity (Wildman–Crippen MR) is 54.5 cm³/mol. The van der Waals surface area contributed by atoms with E-state index >= 15 is 0 Å². The Labute approximate surface area is 93.2 Å². The largest absolute Gasteiger partial charge is 0.350 e. The Hall–Kier alpha value is 0.0600. The highest BCUT2D eigenvalue weighted by molar-refractivity contribution is 7.89. The molecule has 0 radical (unpaired) electrons. The molecule has 2 atom stereocenters. The summed E-state index contributed by atoms with van der Waals surface area (Å²) in [6.07, 6.45) is 3.21. The molecule has 0 aromatic heterocycles. The maximum atomic E-state index is 12.1. The molecule has 1 rings (SSSR count). The summed E-state index contributed by atoms with van der Waals surface area (Å²) in [6.45, 7) is 0. The fourth-order valence-electron chi connectivity index (χ4n) is 1.81. The molecule has 1 N–H and O–H groups in total. The van der Waals surface area contributed by atoms with Gasteiger partial charge in [-0.2, -0.15) is 8.78 Å². The number of hydrogen-bond acceptors (Lipinski definition) is 2. The molecule has 3 nitrogen and oxygen atoms in total. The van der Waals surface area contributed by atoms with Gasteiger partial charge in [0, 0.05) is 11.9 Å². The van der Waals surface area contributed by atoms with Gasteiger partial charge in [-0.15, -0.1) is 11.6 Å². The van der Waals surface area contributed by atoms with Crippen molar-refractivity contribution in [1.82, 2.24) is 4.72 Å². The molecule has 7 heteroatoms. The quantitative estimate of drug-likeness (QED) is 0.786. The zero-order valence-corrected chi connectivity index (χ0v) is 9.70.